The second kappa shape index (κ2) is 4.75. The third-order valence-electron chi connectivity index (χ3n) is 2.92. The van der Waals surface area contributed by atoms with Crippen LogP contribution in [0, 0.1) is 11.6 Å². The van der Waals surface area contributed by atoms with Gasteiger partial charge in [0.1, 0.15) is 5.82 Å². The molecule has 1 amide bonds. The molecule has 0 atom stereocenters. The Bertz CT molecular complexity index is 744. The Morgan fingerprint density at radius 2 is 1.95 bits per heavy atom. The van der Waals surface area contributed by atoms with Crippen molar-refractivity contribution in [1.82, 2.24) is 0 Å². The lowest BCUT2D eigenvalue weighted by Crippen LogP contribution is -2.29. The van der Waals surface area contributed by atoms with Gasteiger partial charge >= 0.3 is 0 Å². The molecule has 20 heavy (non-hydrogen) atoms. The molecule has 0 saturated carbocycles. The van der Waals surface area contributed by atoms with Gasteiger partial charge in [-0.1, -0.05) is 0 Å². The highest BCUT2D eigenvalue weighted by molar-refractivity contribution is 9.11. The van der Waals surface area contributed by atoms with Crippen LogP contribution in [0.5, 0.6) is 0 Å². The van der Waals surface area contributed by atoms with E-state index in [1.807, 2.05) is 0 Å². The van der Waals surface area contributed by atoms with E-state index in [0.717, 1.165) is 19.6 Å². The Morgan fingerprint density at radius 3 is 2.60 bits per heavy atom. The van der Waals surface area contributed by atoms with Crippen molar-refractivity contribution in [3.05, 3.63) is 50.1 Å². The molecule has 0 bridgehead atoms. The summed E-state index contributed by atoms with van der Waals surface area (Å²) in [5.41, 5.74) is -0.367. The Labute approximate surface area is 124 Å². The fourth-order valence-corrected chi connectivity index (χ4v) is 3.57. The van der Waals surface area contributed by atoms with Gasteiger partial charge in [0, 0.05) is 10.9 Å². The Hall–Kier alpha value is -1.60. The van der Waals surface area contributed by atoms with E-state index in [1.54, 1.807) is 12.1 Å². The Kier molecular flexibility index (Phi) is 3.18. The molecule has 3 nitrogen and oxygen atoms in total. The number of hydrogen-bond acceptors (Lipinski definition) is 3. The summed E-state index contributed by atoms with van der Waals surface area (Å²) in [4.78, 5) is 25.5. The summed E-state index contributed by atoms with van der Waals surface area (Å²) in [5, 5.41) is 0. The molecule has 0 fully saturated rings. The van der Waals surface area contributed by atoms with Crippen molar-refractivity contribution < 1.29 is 18.4 Å². The molecule has 2 heterocycles. The van der Waals surface area contributed by atoms with Crippen molar-refractivity contribution in [3.8, 4) is 0 Å². The van der Waals surface area contributed by atoms with E-state index in [9.17, 15) is 18.4 Å². The summed E-state index contributed by atoms with van der Waals surface area (Å²) < 4.78 is 27.9. The number of thiophene rings is 1. The monoisotopic (exact) mass is 357 g/mol. The third-order valence-corrected chi connectivity index (χ3v) is 4.53. The van der Waals surface area contributed by atoms with Gasteiger partial charge in [0.25, 0.3) is 11.7 Å². The van der Waals surface area contributed by atoms with Gasteiger partial charge in [0.2, 0.25) is 0 Å². The average Bonchev–Trinajstić information content (AvgIpc) is 2.88. The standard InChI is InChI=1S/C13H6BrF2NO2S/c14-10-2-1-7(20-10)5-17-11-8(12(18)13(17)19)3-6(15)4-9(11)16/h1-4H,5H2. The summed E-state index contributed by atoms with van der Waals surface area (Å²) in [6.45, 7) is 0.0798. The molecular weight excluding hydrogens is 352 g/mol. The SMILES string of the molecule is O=C1C(=O)N(Cc2ccc(Br)s2)c2c(F)cc(F)cc21. The second-order valence-corrected chi connectivity index (χ2v) is 6.76. The molecule has 0 saturated heterocycles. The number of amides is 1. The zero-order valence-corrected chi connectivity index (χ0v) is 12.2. The van der Waals surface area contributed by atoms with E-state index in [4.69, 9.17) is 0 Å². The van der Waals surface area contributed by atoms with Crippen LogP contribution in [0.2, 0.25) is 0 Å². The van der Waals surface area contributed by atoms with E-state index < -0.39 is 23.3 Å². The lowest BCUT2D eigenvalue weighted by atomic mass is 10.1. The molecule has 1 aromatic heterocycles. The number of benzene rings is 1. The van der Waals surface area contributed by atoms with Crippen LogP contribution in [0.25, 0.3) is 0 Å². The third kappa shape index (κ3) is 2.06. The minimum Gasteiger partial charge on any atom is -0.297 e. The van der Waals surface area contributed by atoms with Crippen molar-refractivity contribution in [3.63, 3.8) is 0 Å². The maximum atomic E-state index is 13.9. The predicted molar refractivity (Wildman–Crippen MR) is 73.9 cm³/mol. The van der Waals surface area contributed by atoms with Gasteiger partial charge in [-0.05, 0) is 34.1 Å². The number of ketones is 1. The minimum absolute atomic E-state index is 0.0798. The van der Waals surface area contributed by atoms with Crippen LogP contribution < -0.4 is 4.90 Å². The molecule has 0 aliphatic carbocycles. The lowest BCUT2D eigenvalue weighted by molar-refractivity contribution is -0.114. The van der Waals surface area contributed by atoms with E-state index in [0.29, 0.717) is 6.07 Å². The molecule has 102 valence electrons. The number of carbonyl (C=O) groups is 2. The van der Waals surface area contributed by atoms with Crippen molar-refractivity contribution >= 4 is 44.6 Å². The normalized spacial score (nSPS) is 14.1. The van der Waals surface area contributed by atoms with Gasteiger partial charge in [-0.2, -0.15) is 0 Å². The summed E-state index contributed by atoms with van der Waals surface area (Å²) in [6, 6.07) is 5.13. The number of hydrogen-bond donors (Lipinski definition) is 0. The molecule has 1 aromatic carbocycles. The number of Topliss-reactive ketones (excluding diaryl/α,β-unsaturated/α-hetero) is 1. The predicted octanol–water partition coefficient (Wildman–Crippen LogP) is 3.52. The number of anilines is 1. The highest BCUT2D eigenvalue weighted by atomic mass is 79.9. The minimum atomic E-state index is -0.908. The molecule has 1 aliphatic heterocycles. The molecule has 0 radical (unpaired) electrons. The van der Waals surface area contributed by atoms with Gasteiger partial charge in [0.15, 0.2) is 5.82 Å². The quantitative estimate of drug-likeness (QED) is 0.771. The van der Waals surface area contributed by atoms with Crippen molar-refractivity contribution in [2.45, 2.75) is 6.54 Å². The van der Waals surface area contributed by atoms with Crippen LogP contribution >= 0.6 is 27.3 Å². The van der Waals surface area contributed by atoms with E-state index in [2.05, 4.69) is 15.9 Å². The van der Waals surface area contributed by atoms with E-state index in [-0.39, 0.29) is 17.8 Å². The van der Waals surface area contributed by atoms with Gasteiger partial charge in [-0.3, -0.25) is 14.5 Å². The number of nitrogens with zero attached hydrogens (tertiary/aromatic N) is 1. The maximum Gasteiger partial charge on any atom is 0.299 e. The first kappa shape index (κ1) is 13.4. The molecule has 1 aliphatic rings. The van der Waals surface area contributed by atoms with Crippen molar-refractivity contribution in [2.24, 2.45) is 0 Å². The summed E-state index contributed by atoms with van der Waals surface area (Å²) in [5.74, 6) is -3.50. The summed E-state index contributed by atoms with van der Waals surface area (Å²) >= 11 is 4.67. The molecule has 7 heteroatoms. The number of rotatable bonds is 2. The highest BCUT2D eigenvalue weighted by Crippen LogP contribution is 2.35. The number of carbonyl (C=O) groups excluding carboxylic acids is 2. The topological polar surface area (TPSA) is 37.4 Å². The van der Waals surface area contributed by atoms with E-state index >= 15 is 0 Å². The van der Waals surface area contributed by atoms with E-state index in [1.165, 1.54) is 11.3 Å². The first-order valence-corrected chi connectivity index (χ1v) is 7.18. The number of fused-ring (bicyclic) bond motifs is 1. The van der Waals surface area contributed by atoms with Crippen LogP contribution in [0.15, 0.2) is 28.1 Å². The zero-order chi connectivity index (χ0) is 14.4. The molecule has 0 unspecified atom stereocenters. The second-order valence-electron chi connectivity index (χ2n) is 4.21. The van der Waals surface area contributed by atoms with Gasteiger partial charge in [-0.15, -0.1) is 11.3 Å². The first-order chi connectivity index (χ1) is 9.47. The smallest absolute Gasteiger partial charge is 0.297 e. The molecule has 0 N–H and O–H groups in total. The lowest BCUT2D eigenvalue weighted by Gasteiger charge is -2.15. The largest absolute Gasteiger partial charge is 0.299 e. The van der Waals surface area contributed by atoms with Crippen LogP contribution in [0.1, 0.15) is 15.2 Å². The Morgan fingerprint density at radius 1 is 1.20 bits per heavy atom. The van der Waals surface area contributed by atoms with Crippen molar-refractivity contribution in [2.75, 3.05) is 4.90 Å². The van der Waals surface area contributed by atoms with Crippen LogP contribution in [-0.4, -0.2) is 11.7 Å². The Balaban J connectivity index is 2.06. The van der Waals surface area contributed by atoms with Gasteiger partial charge in [0.05, 0.1) is 21.6 Å². The fraction of sp³-hybridized carbons (Fsp3) is 0.0769. The summed E-state index contributed by atoms with van der Waals surface area (Å²) in [6.07, 6.45) is 0. The van der Waals surface area contributed by atoms with Crippen LogP contribution in [-0.2, 0) is 11.3 Å². The van der Waals surface area contributed by atoms with Gasteiger partial charge in [-0.25, -0.2) is 8.78 Å². The molecule has 3 rings (SSSR count). The van der Waals surface area contributed by atoms with Crippen LogP contribution in [0.4, 0.5) is 14.5 Å². The van der Waals surface area contributed by atoms with Crippen molar-refractivity contribution in [1.29, 1.82) is 0 Å². The van der Waals surface area contributed by atoms with Gasteiger partial charge < -0.3 is 0 Å². The first-order valence-electron chi connectivity index (χ1n) is 5.57. The average molecular weight is 358 g/mol. The molecular formula is C13H6BrF2NO2S. The highest BCUT2D eigenvalue weighted by Gasteiger charge is 2.38. The molecule has 0 spiro atoms. The molecule has 2 aromatic rings. The maximum absolute atomic E-state index is 13.9. The zero-order valence-electron chi connectivity index (χ0n) is 9.82. The number of halogens is 3. The fourth-order valence-electron chi connectivity index (χ4n) is 2.10. The summed E-state index contributed by atoms with van der Waals surface area (Å²) in [7, 11) is 0. The van der Waals surface area contributed by atoms with Crippen LogP contribution in [0.3, 0.4) is 0 Å².